The van der Waals surface area contributed by atoms with Crippen molar-refractivity contribution in [2.24, 2.45) is 0 Å². The van der Waals surface area contributed by atoms with Crippen LogP contribution in [0.1, 0.15) is 18.1 Å². The monoisotopic (exact) mass is 351 g/mol. The van der Waals surface area contributed by atoms with Crippen molar-refractivity contribution in [3.05, 3.63) is 65.4 Å². The summed E-state index contributed by atoms with van der Waals surface area (Å²) in [5, 5.41) is 14.4. The molecule has 6 nitrogen and oxygen atoms in total. The van der Waals surface area contributed by atoms with Gasteiger partial charge < -0.3 is 25.5 Å². The van der Waals surface area contributed by atoms with Gasteiger partial charge in [-0.25, -0.2) is 0 Å². The average Bonchev–Trinajstić information content (AvgIpc) is 2.83. The minimum absolute atomic E-state index is 0.123. The van der Waals surface area contributed by atoms with Crippen molar-refractivity contribution in [1.82, 2.24) is 5.32 Å². The van der Waals surface area contributed by atoms with E-state index in [0.29, 0.717) is 30.3 Å². The second-order valence-corrected chi connectivity index (χ2v) is 5.93. The van der Waals surface area contributed by atoms with Crippen LogP contribution < -0.4 is 20.1 Å². The van der Waals surface area contributed by atoms with Gasteiger partial charge in [-0.3, -0.25) is 4.79 Å². The van der Waals surface area contributed by atoms with Crippen molar-refractivity contribution < 1.29 is 14.3 Å². The normalized spacial score (nSPS) is 14.5. The predicted molar refractivity (Wildman–Crippen MR) is 101 cm³/mol. The lowest BCUT2D eigenvalue weighted by molar-refractivity contribution is -0.114. The molecule has 0 saturated carbocycles. The molecule has 134 valence electrons. The molecule has 1 aliphatic heterocycles. The van der Waals surface area contributed by atoms with Crippen LogP contribution in [0.5, 0.6) is 11.5 Å². The van der Waals surface area contributed by atoms with Crippen molar-refractivity contribution in [2.75, 3.05) is 19.0 Å². The molecule has 6 heteroatoms. The molecule has 0 unspecified atom stereocenters. The van der Waals surface area contributed by atoms with E-state index in [2.05, 4.69) is 10.6 Å². The molecule has 26 heavy (non-hydrogen) atoms. The number of fused-ring (bicyclic) bond motifs is 1. The molecule has 0 radical (unpaired) electrons. The van der Waals surface area contributed by atoms with Gasteiger partial charge in [0.15, 0.2) is 0 Å². The lowest BCUT2D eigenvalue weighted by Gasteiger charge is -2.10. The third-order valence-electron chi connectivity index (χ3n) is 3.99. The van der Waals surface area contributed by atoms with Crippen LogP contribution in [-0.4, -0.2) is 25.3 Å². The van der Waals surface area contributed by atoms with Gasteiger partial charge >= 0.3 is 0 Å². The molecular formula is C20H21N3O3. The van der Waals surface area contributed by atoms with E-state index in [0.717, 1.165) is 22.6 Å². The molecule has 0 aromatic heterocycles. The van der Waals surface area contributed by atoms with E-state index in [9.17, 15) is 4.79 Å². The molecule has 0 bridgehead atoms. The number of ether oxygens (including phenoxy) is 2. The van der Waals surface area contributed by atoms with Crippen LogP contribution in [0.15, 0.2) is 54.2 Å². The van der Waals surface area contributed by atoms with Gasteiger partial charge in [-0.05, 0) is 24.3 Å². The van der Waals surface area contributed by atoms with Gasteiger partial charge in [-0.15, -0.1) is 0 Å². The summed E-state index contributed by atoms with van der Waals surface area (Å²) in [6.45, 7) is 2.37. The lowest BCUT2D eigenvalue weighted by atomic mass is 10.1. The summed E-state index contributed by atoms with van der Waals surface area (Å²) in [4.78, 5) is 11.2. The summed E-state index contributed by atoms with van der Waals surface area (Å²) < 4.78 is 11.2. The van der Waals surface area contributed by atoms with E-state index in [-0.39, 0.29) is 5.91 Å². The van der Waals surface area contributed by atoms with Crippen LogP contribution in [0.25, 0.3) is 0 Å². The minimum Gasteiger partial charge on any atom is -0.496 e. The van der Waals surface area contributed by atoms with Gasteiger partial charge in [0.05, 0.1) is 18.5 Å². The molecule has 1 aliphatic rings. The highest BCUT2D eigenvalue weighted by atomic mass is 16.5. The summed E-state index contributed by atoms with van der Waals surface area (Å²) in [7, 11) is 1.59. The van der Waals surface area contributed by atoms with E-state index in [4.69, 9.17) is 14.9 Å². The number of hydrogen-bond donors (Lipinski definition) is 3. The summed E-state index contributed by atoms with van der Waals surface area (Å²) in [5.41, 5.74) is 3.56. The highest BCUT2D eigenvalue weighted by molar-refractivity contribution is 6.08. The van der Waals surface area contributed by atoms with Crippen LogP contribution in [0.2, 0.25) is 0 Å². The molecule has 3 N–H and O–H groups in total. The fourth-order valence-electron chi connectivity index (χ4n) is 2.74. The first-order valence-corrected chi connectivity index (χ1v) is 8.26. The maximum atomic E-state index is 11.2. The Bertz CT molecular complexity index is 874. The minimum atomic E-state index is -0.123. The van der Waals surface area contributed by atoms with Crippen molar-refractivity contribution in [3.8, 4) is 11.5 Å². The quantitative estimate of drug-likeness (QED) is 0.739. The van der Waals surface area contributed by atoms with Crippen molar-refractivity contribution in [2.45, 2.75) is 13.5 Å². The van der Waals surface area contributed by atoms with Crippen LogP contribution in [-0.2, 0) is 11.3 Å². The molecule has 0 atom stereocenters. The standard InChI is InChI=1S/C20H21N3O3/c1-13(24)23-15-8-7-14-11-22-16(12-26-20(14)10-15)9-18(21)17-5-3-4-6-19(17)25-2/h3-10,21-22H,11-12H2,1-2H3,(H,23,24)/b16-9-,21-18?. The second kappa shape index (κ2) is 7.74. The molecular weight excluding hydrogens is 330 g/mol. The van der Waals surface area contributed by atoms with Crippen LogP contribution in [0, 0.1) is 5.41 Å². The van der Waals surface area contributed by atoms with E-state index in [1.54, 1.807) is 13.2 Å². The Morgan fingerprint density at radius 3 is 2.88 bits per heavy atom. The van der Waals surface area contributed by atoms with Crippen molar-refractivity contribution >= 4 is 17.3 Å². The molecule has 0 fully saturated rings. The van der Waals surface area contributed by atoms with Gasteiger partial charge in [0.1, 0.15) is 18.1 Å². The van der Waals surface area contributed by atoms with Gasteiger partial charge in [-0.1, -0.05) is 18.2 Å². The summed E-state index contributed by atoms with van der Waals surface area (Å²) in [6.07, 6.45) is 1.75. The average molecular weight is 351 g/mol. The SMILES string of the molecule is COc1ccccc1C(=N)/C=C1/COc2cc(NC(C)=O)ccc2CN1. The van der Waals surface area contributed by atoms with E-state index < -0.39 is 0 Å². The molecule has 3 rings (SSSR count). The van der Waals surface area contributed by atoms with E-state index in [1.165, 1.54) is 6.92 Å². The summed E-state index contributed by atoms with van der Waals surface area (Å²) in [6, 6.07) is 13.0. The smallest absolute Gasteiger partial charge is 0.221 e. The number of hydrogen-bond acceptors (Lipinski definition) is 5. The highest BCUT2D eigenvalue weighted by Crippen LogP contribution is 2.26. The summed E-state index contributed by atoms with van der Waals surface area (Å²) >= 11 is 0. The molecule has 0 aliphatic carbocycles. The Morgan fingerprint density at radius 1 is 1.31 bits per heavy atom. The first kappa shape index (κ1) is 17.5. The van der Waals surface area contributed by atoms with Crippen LogP contribution in [0.4, 0.5) is 5.69 Å². The molecule has 2 aromatic carbocycles. The zero-order valence-corrected chi connectivity index (χ0v) is 14.8. The number of para-hydroxylation sites is 1. The maximum Gasteiger partial charge on any atom is 0.221 e. The largest absolute Gasteiger partial charge is 0.496 e. The zero-order chi connectivity index (χ0) is 18.5. The van der Waals surface area contributed by atoms with Gasteiger partial charge in [-0.2, -0.15) is 0 Å². The number of allylic oxidation sites excluding steroid dienone is 1. The molecule has 1 amide bonds. The number of carbonyl (C=O) groups excluding carboxylic acids is 1. The van der Waals surface area contributed by atoms with Crippen molar-refractivity contribution in [3.63, 3.8) is 0 Å². The number of amides is 1. The highest BCUT2D eigenvalue weighted by Gasteiger charge is 2.14. The van der Waals surface area contributed by atoms with E-state index >= 15 is 0 Å². The first-order valence-electron chi connectivity index (χ1n) is 8.26. The van der Waals surface area contributed by atoms with Crippen LogP contribution in [0.3, 0.4) is 0 Å². The van der Waals surface area contributed by atoms with Crippen LogP contribution >= 0.6 is 0 Å². The summed E-state index contributed by atoms with van der Waals surface area (Å²) in [5.74, 6) is 1.26. The predicted octanol–water partition coefficient (Wildman–Crippen LogP) is 3.09. The Kier molecular flexibility index (Phi) is 5.22. The van der Waals surface area contributed by atoms with Gasteiger partial charge in [0.2, 0.25) is 5.91 Å². The maximum absolute atomic E-state index is 11.2. The fraction of sp³-hybridized carbons (Fsp3) is 0.200. The number of methoxy groups -OCH3 is 1. The third-order valence-corrected chi connectivity index (χ3v) is 3.99. The molecule has 2 aromatic rings. The Balaban J connectivity index is 1.77. The number of rotatable bonds is 4. The number of anilines is 1. The Labute approximate surface area is 152 Å². The van der Waals surface area contributed by atoms with Gasteiger partial charge in [0, 0.05) is 36.3 Å². The lowest BCUT2D eigenvalue weighted by Crippen LogP contribution is -2.16. The zero-order valence-electron chi connectivity index (χ0n) is 14.8. The van der Waals surface area contributed by atoms with Gasteiger partial charge in [0.25, 0.3) is 0 Å². The Hall–Kier alpha value is -3.28. The number of benzene rings is 2. The third kappa shape index (κ3) is 4.03. The second-order valence-electron chi connectivity index (χ2n) is 5.93. The fourth-order valence-corrected chi connectivity index (χ4v) is 2.74. The van der Waals surface area contributed by atoms with E-state index in [1.807, 2.05) is 42.5 Å². The molecule has 0 saturated heterocycles. The molecule has 1 heterocycles. The topological polar surface area (TPSA) is 83.4 Å². The molecule has 0 spiro atoms. The van der Waals surface area contributed by atoms with Crippen molar-refractivity contribution in [1.29, 1.82) is 5.41 Å². The number of nitrogens with one attached hydrogen (secondary N) is 3. The Morgan fingerprint density at radius 2 is 2.12 bits per heavy atom. The first-order chi connectivity index (χ1) is 12.6. The number of carbonyl (C=O) groups is 1.